The number of pyridine rings is 1. The Labute approximate surface area is 158 Å². The molecule has 24 heavy (non-hydrogen) atoms. The summed E-state index contributed by atoms with van der Waals surface area (Å²) in [6.45, 7) is 0. The van der Waals surface area contributed by atoms with E-state index >= 15 is 0 Å². The van der Waals surface area contributed by atoms with E-state index in [0.29, 0.717) is 0 Å². The average Bonchev–Trinajstić information content (AvgIpc) is 2.67. The van der Waals surface area contributed by atoms with Crippen LogP contribution in [0.5, 0.6) is 0 Å². The van der Waals surface area contributed by atoms with Gasteiger partial charge in [-0.25, -0.2) is 0 Å². The van der Waals surface area contributed by atoms with E-state index in [2.05, 4.69) is 118 Å². The molecule has 0 aliphatic heterocycles. The highest BCUT2D eigenvalue weighted by molar-refractivity contribution is 14.1. The summed E-state index contributed by atoms with van der Waals surface area (Å²) in [6, 6.07) is 28.0. The molecule has 1 nitrogen and oxygen atoms in total. The van der Waals surface area contributed by atoms with Gasteiger partial charge in [0.05, 0.1) is 0 Å². The molecule has 0 amide bonds. The van der Waals surface area contributed by atoms with Gasteiger partial charge in [0.15, 0.2) is 0 Å². The van der Waals surface area contributed by atoms with Gasteiger partial charge in [-0.1, -0.05) is 103 Å². The molecule has 1 heterocycles. The first-order valence-corrected chi connectivity index (χ1v) is 9.92. The lowest BCUT2D eigenvalue weighted by Gasteiger charge is -2.28. The molecule has 1 aromatic heterocycles. The molecule has 0 radical (unpaired) electrons. The predicted molar refractivity (Wildman–Crippen MR) is 112 cm³/mol. The first-order chi connectivity index (χ1) is 11.8. The van der Waals surface area contributed by atoms with Gasteiger partial charge < -0.3 is 4.48 Å². The van der Waals surface area contributed by atoms with Crippen molar-refractivity contribution in [3.63, 3.8) is 0 Å². The third-order valence-electron chi connectivity index (χ3n) is 4.71. The Hall–Kier alpha value is -1.62. The van der Waals surface area contributed by atoms with Gasteiger partial charge in [0, 0.05) is 0 Å². The molecule has 0 saturated carbocycles. The fourth-order valence-corrected chi connectivity index (χ4v) is 4.22. The van der Waals surface area contributed by atoms with Crippen molar-refractivity contribution in [3.05, 3.63) is 102 Å². The summed E-state index contributed by atoms with van der Waals surface area (Å²) < 4.78 is 1.76. The smallest absolute Gasteiger partial charge is 0.335 e. The average molecular weight is 427 g/mol. The Balaban J connectivity index is 1.75. The minimum Gasteiger partial charge on any atom is -0.418 e. The third-order valence-corrected chi connectivity index (χ3v) is 6.60. The van der Waals surface area contributed by atoms with Crippen molar-refractivity contribution in [1.82, 2.24) is 0 Å². The number of hydrogen-bond donors (Lipinski definition) is 0. The van der Waals surface area contributed by atoms with Crippen LogP contribution in [0.15, 0.2) is 91.3 Å². The number of benzene rings is 2. The van der Waals surface area contributed by atoms with Gasteiger partial charge in [-0.3, -0.25) is 22.4 Å². The Morgan fingerprint density at radius 3 is 1.50 bits per heavy atom. The largest absolute Gasteiger partial charge is 0.418 e. The van der Waals surface area contributed by atoms with E-state index in [1.165, 1.54) is 23.8 Å². The molecule has 3 heteroatoms. The van der Waals surface area contributed by atoms with Crippen LogP contribution in [0.4, 0.5) is 0 Å². The maximum absolute atomic E-state index is 2.72. The highest BCUT2D eigenvalue weighted by Gasteiger charge is 2.32. The van der Waals surface area contributed by atoms with Crippen molar-refractivity contribution in [3.8, 4) is 0 Å². The van der Waals surface area contributed by atoms with Gasteiger partial charge in [-0.15, -0.1) is 0 Å². The molecule has 3 aromatic rings. The molecule has 0 aliphatic rings. The molecule has 0 aliphatic carbocycles. The van der Waals surface area contributed by atoms with Crippen LogP contribution in [0.1, 0.15) is 11.1 Å². The van der Waals surface area contributed by atoms with E-state index in [4.69, 9.17) is 0 Å². The Bertz CT molecular complexity index is 688. The maximum Gasteiger partial charge on any atom is 0.335 e. The quantitative estimate of drug-likeness (QED) is 0.361. The minimum absolute atomic E-state index is 0.674. The monoisotopic (exact) mass is 427 g/mol. The maximum atomic E-state index is 2.72. The van der Waals surface area contributed by atoms with Gasteiger partial charge in [-0.05, 0) is 12.1 Å². The van der Waals surface area contributed by atoms with Crippen LogP contribution in [0, 0.1) is 0 Å². The van der Waals surface area contributed by atoms with Crippen molar-refractivity contribution in [1.29, 1.82) is 0 Å². The number of halogens is 1. The fraction of sp³-hybridized carbons (Fsp3) is 0.190. The van der Waals surface area contributed by atoms with Gasteiger partial charge >= 0.3 is 4.14 Å². The topological polar surface area (TPSA) is 3.88 Å². The molecule has 0 fully saturated rings. The molecule has 0 saturated heterocycles. The standard InChI is InChI=1S/C21H23BIN/c23-22(24-18-8-3-9-19-24,16-14-20-10-4-1-5-11-20)17-15-21-12-6-2-7-13-21/h1-13,18-19H,14-17H2. The SMILES string of the molecule is I[B-](CCc1ccccc1)(CCc1ccccc1)[n+]1ccccc1. The van der Waals surface area contributed by atoms with Crippen molar-refractivity contribution < 1.29 is 4.48 Å². The predicted octanol–water partition coefficient (Wildman–Crippen LogP) is 5.18. The Morgan fingerprint density at radius 2 is 1.04 bits per heavy atom. The van der Waals surface area contributed by atoms with E-state index in [0.717, 1.165) is 12.8 Å². The van der Waals surface area contributed by atoms with Crippen LogP contribution in [-0.4, -0.2) is 4.14 Å². The zero-order valence-electron chi connectivity index (χ0n) is 13.9. The molecule has 2 aromatic carbocycles. The van der Waals surface area contributed by atoms with E-state index in [9.17, 15) is 0 Å². The Morgan fingerprint density at radius 1 is 0.625 bits per heavy atom. The van der Waals surface area contributed by atoms with Crippen molar-refractivity contribution in [2.24, 2.45) is 0 Å². The van der Waals surface area contributed by atoms with Crippen molar-refractivity contribution in [2.75, 3.05) is 0 Å². The number of aryl methyl sites for hydroxylation is 2. The summed E-state index contributed by atoms with van der Waals surface area (Å²) in [7, 11) is 0. The Kier molecular flexibility index (Phi) is 6.08. The zero-order chi connectivity index (χ0) is 16.7. The van der Waals surface area contributed by atoms with Gasteiger partial charge in [0.25, 0.3) is 0 Å². The molecule has 3 rings (SSSR count). The van der Waals surface area contributed by atoms with Crippen LogP contribution in [0.2, 0.25) is 12.6 Å². The first-order valence-electron chi connectivity index (χ1n) is 8.67. The molecular weight excluding hydrogens is 404 g/mol. The number of nitrogens with zero attached hydrogens (tertiary/aromatic N) is 1. The molecule has 0 spiro atoms. The second-order valence-electron chi connectivity index (χ2n) is 6.43. The lowest BCUT2D eigenvalue weighted by atomic mass is 9.53. The van der Waals surface area contributed by atoms with Crippen LogP contribution in [-0.2, 0) is 12.8 Å². The van der Waals surface area contributed by atoms with Crippen LogP contribution >= 0.6 is 22.4 Å². The summed E-state index contributed by atoms with van der Waals surface area (Å²) in [6.07, 6.45) is 9.07. The molecule has 0 bridgehead atoms. The van der Waals surface area contributed by atoms with E-state index < -0.39 is 4.14 Å². The third kappa shape index (κ3) is 4.70. The first kappa shape index (κ1) is 17.2. The highest BCUT2D eigenvalue weighted by Crippen LogP contribution is 2.25. The van der Waals surface area contributed by atoms with Crippen LogP contribution in [0.25, 0.3) is 0 Å². The zero-order valence-corrected chi connectivity index (χ0v) is 16.0. The van der Waals surface area contributed by atoms with E-state index in [-0.39, 0.29) is 0 Å². The summed E-state index contributed by atoms with van der Waals surface area (Å²) in [5, 5.41) is 0. The summed E-state index contributed by atoms with van der Waals surface area (Å²) in [5.74, 6) is 0. The molecule has 0 atom stereocenters. The normalized spacial score (nSPS) is 11.4. The highest BCUT2D eigenvalue weighted by atomic mass is 127. The van der Waals surface area contributed by atoms with Gasteiger partial charge in [0.2, 0.25) is 0 Å². The van der Waals surface area contributed by atoms with Crippen LogP contribution < -0.4 is 4.48 Å². The number of hydrogen-bond acceptors (Lipinski definition) is 0. The lowest BCUT2D eigenvalue weighted by molar-refractivity contribution is -0.540. The molecule has 0 unspecified atom stereocenters. The summed E-state index contributed by atoms with van der Waals surface area (Å²) in [5.41, 5.74) is 2.85. The fourth-order valence-electron chi connectivity index (χ4n) is 3.23. The van der Waals surface area contributed by atoms with Gasteiger partial charge in [0.1, 0.15) is 12.4 Å². The van der Waals surface area contributed by atoms with Crippen molar-refractivity contribution in [2.45, 2.75) is 25.5 Å². The number of aromatic nitrogens is 1. The van der Waals surface area contributed by atoms with E-state index in [1.807, 2.05) is 0 Å². The second kappa shape index (κ2) is 8.47. The van der Waals surface area contributed by atoms with Crippen molar-refractivity contribution >= 4 is 26.5 Å². The molecule has 0 N–H and O–H groups in total. The molecular formula is C21H23BIN. The lowest BCUT2D eigenvalue weighted by Crippen LogP contribution is -2.59. The molecule has 122 valence electrons. The summed E-state index contributed by atoms with van der Waals surface area (Å²) in [4.78, 5) is 0. The minimum atomic E-state index is -0.674. The van der Waals surface area contributed by atoms with E-state index in [1.54, 1.807) is 0 Å². The van der Waals surface area contributed by atoms with Crippen LogP contribution in [0.3, 0.4) is 0 Å². The summed E-state index contributed by atoms with van der Waals surface area (Å²) >= 11 is 2.72. The number of rotatable bonds is 7. The second-order valence-corrected chi connectivity index (χ2v) is 8.75. The van der Waals surface area contributed by atoms with Gasteiger partial charge in [-0.2, -0.15) is 0 Å².